The van der Waals surface area contributed by atoms with E-state index in [0.29, 0.717) is 0 Å². The van der Waals surface area contributed by atoms with Crippen LogP contribution in [0.4, 0.5) is 0 Å². The molecule has 0 aliphatic rings. The van der Waals surface area contributed by atoms with E-state index in [1.54, 1.807) is 36.4 Å². The molecule has 2 rings (SSSR count). The van der Waals surface area contributed by atoms with Crippen molar-refractivity contribution in [1.82, 2.24) is 0 Å². The van der Waals surface area contributed by atoms with Gasteiger partial charge in [0.25, 0.3) is 0 Å². The van der Waals surface area contributed by atoms with Gasteiger partial charge in [-0.1, -0.05) is 60.1 Å². The van der Waals surface area contributed by atoms with Crippen molar-refractivity contribution in [2.24, 2.45) is 0 Å². The van der Waals surface area contributed by atoms with Crippen molar-refractivity contribution in [3.05, 3.63) is 71.8 Å². The molecule has 2 aromatic carbocycles. The molecule has 0 bridgehead atoms. The topological polar surface area (TPSA) is 60.4 Å². The molecule has 0 radical (unpaired) electrons. The molecule has 1 unspecified atom stereocenters. The van der Waals surface area contributed by atoms with E-state index in [2.05, 4.69) is 0 Å². The van der Waals surface area contributed by atoms with Crippen LogP contribution in [0.15, 0.2) is 60.7 Å². The van der Waals surface area contributed by atoms with Crippen molar-refractivity contribution in [2.45, 2.75) is 4.39 Å². The number of halogens is 1. The molecular weight excluding hydrogens is 300 g/mol. The number of benzene rings is 2. The Morgan fingerprint density at radius 1 is 0.950 bits per heavy atom. The van der Waals surface area contributed by atoms with Crippen LogP contribution in [0.25, 0.3) is 0 Å². The summed E-state index contributed by atoms with van der Waals surface area (Å²) in [6.45, 7) is 0. The highest BCUT2D eigenvalue weighted by atomic mass is 35.5. The Morgan fingerprint density at radius 3 is 1.95 bits per heavy atom. The van der Waals surface area contributed by atoms with Crippen LogP contribution in [0, 0.1) is 0 Å². The van der Waals surface area contributed by atoms with E-state index in [9.17, 15) is 13.2 Å². The summed E-state index contributed by atoms with van der Waals surface area (Å²) >= 11 is 6.01. The van der Waals surface area contributed by atoms with Gasteiger partial charge in [-0.2, -0.15) is 0 Å². The van der Waals surface area contributed by atoms with Crippen LogP contribution >= 0.6 is 11.6 Å². The molecule has 4 nitrogen and oxygen atoms in total. The molecule has 0 amide bonds. The Morgan fingerprint density at radius 2 is 1.45 bits per heavy atom. The van der Waals surface area contributed by atoms with Crippen molar-refractivity contribution in [2.75, 3.05) is 0 Å². The predicted molar refractivity (Wildman–Crippen MR) is 76.1 cm³/mol. The highest BCUT2D eigenvalue weighted by Crippen LogP contribution is 2.32. The number of hydrogen-bond donors (Lipinski definition) is 1. The maximum Gasteiger partial charge on any atom is 0.340 e. The molecule has 0 aromatic heterocycles. The van der Waals surface area contributed by atoms with Crippen molar-refractivity contribution in [3.8, 4) is 0 Å². The number of esters is 1. The minimum atomic E-state index is -3.22. The van der Waals surface area contributed by atoms with E-state index in [4.69, 9.17) is 16.3 Å². The van der Waals surface area contributed by atoms with Crippen molar-refractivity contribution in [1.29, 1.82) is 0 Å². The predicted octanol–water partition coefficient (Wildman–Crippen LogP) is 2.50. The Balaban J connectivity index is 2.34. The second-order valence-electron chi connectivity index (χ2n) is 3.94. The second kappa shape index (κ2) is 6.07. The van der Waals surface area contributed by atoms with Crippen molar-refractivity contribution < 1.29 is 17.9 Å². The first-order valence-electron chi connectivity index (χ1n) is 5.71. The highest BCUT2D eigenvalue weighted by Gasteiger charge is 2.38. The summed E-state index contributed by atoms with van der Waals surface area (Å²) in [4.78, 5) is 12.0. The SMILES string of the molecule is O=C(OC(Cl)(c1ccccc1)[SH](=O)=O)c1ccccc1. The quantitative estimate of drug-likeness (QED) is 0.535. The molecule has 2 aromatic rings. The molecule has 0 aliphatic carbocycles. The largest absolute Gasteiger partial charge is 0.420 e. The fraction of sp³-hybridized carbons (Fsp3) is 0.0714. The molecular formula is C14H11ClO4S. The second-order valence-corrected chi connectivity index (χ2v) is 5.88. The average Bonchev–Trinajstić information content (AvgIpc) is 2.48. The molecule has 0 heterocycles. The summed E-state index contributed by atoms with van der Waals surface area (Å²) < 4.78 is 25.6. The Bertz CT molecular complexity index is 662. The van der Waals surface area contributed by atoms with E-state index in [-0.39, 0.29) is 11.1 Å². The molecule has 0 N–H and O–H groups in total. The zero-order valence-corrected chi connectivity index (χ0v) is 11.9. The van der Waals surface area contributed by atoms with Crippen LogP contribution in [0.5, 0.6) is 0 Å². The summed E-state index contributed by atoms with van der Waals surface area (Å²) in [5.74, 6) is -0.802. The molecule has 0 spiro atoms. The van der Waals surface area contributed by atoms with Gasteiger partial charge >= 0.3 is 10.4 Å². The third-order valence-corrected chi connectivity index (χ3v) is 4.13. The molecule has 0 aliphatic heterocycles. The van der Waals surface area contributed by atoms with Crippen LogP contribution in [0.1, 0.15) is 15.9 Å². The third-order valence-electron chi connectivity index (χ3n) is 2.60. The van der Waals surface area contributed by atoms with Crippen LogP contribution in [-0.2, 0) is 19.8 Å². The van der Waals surface area contributed by atoms with E-state index >= 15 is 0 Å². The summed E-state index contributed by atoms with van der Waals surface area (Å²) in [6.07, 6.45) is 0. The smallest absolute Gasteiger partial charge is 0.340 e. The Hall–Kier alpha value is -1.85. The van der Waals surface area contributed by atoms with Crippen molar-refractivity contribution in [3.63, 3.8) is 0 Å². The molecule has 0 saturated carbocycles. The maximum atomic E-state index is 12.0. The van der Waals surface area contributed by atoms with Gasteiger partial charge in [0.05, 0.1) is 5.56 Å². The van der Waals surface area contributed by atoms with Crippen LogP contribution in [0.3, 0.4) is 0 Å². The van der Waals surface area contributed by atoms with Crippen LogP contribution in [-0.4, -0.2) is 14.4 Å². The Kier molecular flexibility index (Phi) is 4.42. The first-order valence-corrected chi connectivity index (χ1v) is 7.27. The first kappa shape index (κ1) is 14.6. The lowest BCUT2D eigenvalue weighted by atomic mass is 10.2. The van der Waals surface area contributed by atoms with E-state index < -0.39 is 21.1 Å². The summed E-state index contributed by atoms with van der Waals surface area (Å²) in [5.41, 5.74) is 0.410. The normalized spacial score (nSPS) is 13.7. The monoisotopic (exact) mass is 310 g/mol. The minimum Gasteiger partial charge on any atom is -0.420 e. The van der Waals surface area contributed by atoms with Gasteiger partial charge in [-0.3, -0.25) is 0 Å². The van der Waals surface area contributed by atoms with E-state index in [1.807, 2.05) is 0 Å². The van der Waals surface area contributed by atoms with Gasteiger partial charge < -0.3 is 4.74 Å². The fourth-order valence-electron chi connectivity index (χ4n) is 1.60. The zero-order valence-electron chi connectivity index (χ0n) is 10.2. The van der Waals surface area contributed by atoms with Crippen molar-refractivity contribution >= 4 is 28.3 Å². The zero-order chi connectivity index (χ0) is 14.6. The summed E-state index contributed by atoms with van der Waals surface area (Å²) in [6, 6.07) is 16.0. The summed E-state index contributed by atoms with van der Waals surface area (Å²) in [5, 5.41) is 0. The number of hydrogen-bond acceptors (Lipinski definition) is 4. The highest BCUT2D eigenvalue weighted by molar-refractivity contribution is 7.75. The Labute approximate surface area is 122 Å². The molecule has 1 atom stereocenters. The van der Waals surface area contributed by atoms with Gasteiger partial charge in [-0.15, -0.1) is 0 Å². The first-order chi connectivity index (χ1) is 9.54. The van der Waals surface area contributed by atoms with Gasteiger partial charge in [0.1, 0.15) is 0 Å². The van der Waals surface area contributed by atoms with Crippen LogP contribution in [0.2, 0.25) is 0 Å². The minimum absolute atomic E-state index is 0.182. The fourth-order valence-corrected chi connectivity index (χ4v) is 2.31. The standard InChI is InChI=1S/C14H11ClO4S/c15-14(20(17)18,12-9-5-2-6-10-12)19-13(16)11-7-3-1-4-8-11/h1-10,20H. The summed E-state index contributed by atoms with van der Waals surface area (Å²) in [7, 11) is -3.22. The van der Waals surface area contributed by atoms with E-state index in [1.165, 1.54) is 24.3 Å². The van der Waals surface area contributed by atoms with Gasteiger partial charge in [0.15, 0.2) is 0 Å². The van der Waals surface area contributed by atoms with Gasteiger partial charge in [-0.25, -0.2) is 13.2 Å². The number of rotatable bonds is 4. The van der Waals surface area contributed by atoms with Gasteiger partial charge in [0, 0.05) is 5.56 Å². The van der Waals surface area contributed by atoms with E-state index in [0.717, 1.165) is 0 Å². The molecule has 6 heteroatoms. The van der Waals surface area contributed by atoms with Gasteiger partial charge in [-0.05, 0) is 12.1 Å². The number of ether oxygens (including phenoxy) is 1. The maximum absolute atomic E-state index is 12.0. The van der Waals surface area contributed by atoms with Gasteiger partial charge in [0.2, 0.25) is 10.7 Å². The average molecular weight is 311 g/mol. The third kappa shape index (κ3) is 3.00. The lowest BCUT2D eigenvalue weighted by Gasteiger charge is -2.21. The molecule has 104 valence electrons. The lowest BCUT2D eigenvalue weighted by Crippen LogP contribution is -2.28. The number of alkyl halides is 1. The number of carbonyl (C=O) groups excluding carboxylic acids is 1. The molecule has 20 heavy (non-hydrogen) atoms. The lowest BCUT2D eigenvalue weighted by molar-refractivity contribution is 0.0369. The number of thiol groups is 1. The molecule has 0 saturated heterocycles. The molecule has 0 fully saturated rings. The van der Waals surface area contributed by atoms with Crippen LogP contribution < -0.4 is 0 Å². The number of carbonyl (C=O) groups is 1.